The number of hydrogen-bond donors (Lipinski definition) is 3. The normalized spacial score (nSPS) is 12.1. The van der Waals surface area contributed by atoms with E-state index in [-0.39, 0.29) is 41.9 Å². The van der Waals surface area contributed by atoms with Gasteiger partial charge in [-0.2, -0.15) is 5.26 Å². The lowest BCUT2D eigenvalue weighted by Crippen LogP contribution is -2.34. The van der Waals surface area contributed by atoms with Crippen molar-refractivity contribution in [2.75, 3.05) is 25.1 Å². The molecule has 0 bridgehead atoms. The third-order valence-electron chi connectivity index (χ3n) is 8.36. The molecule has 0 radical (unpaired) electrons. The van der Waals surface area contributed by atoms with Gasteiger partial charge in [0.25, 0.3) is 0 Å². The Morgan fingerprint density at radius 2 is 1.77 bits per heavy atom. The van der Waals surface area contributed by atoms with Crippen LogP contribution in [0.15, 0.2) is 79.1 Å². The number of aliphatic hydroxyl groups is 1. The van der Waals surface area contributed by atoms with Gasteiger partial charge in [-0.3, -0.25) is 0 Å². The van der Waals surface area contributed by atoms with Crippen LogP contribution in [0.5, 0.6) is 17.2 Å². The Hall–Kier alpha value is -4.87. The summed E-state index contributed by atoms with van der Waals surface area (Å²) in [6, 6.07) is 22.0. The summed E-state index contributed by atoms with van der Waals surface area (Å²) in [5.41, 5.74) is 3.28. The molecule has 0 aliphatic heterocycles. The van der Waals surface area contributed by atoms with Crippen LogP contribution in [-0.4, -0.2) is 53.7 Å². The van der Waals surface area contributed by atoms with Gasteiger partial charge in [0.15, 0.2) is 22.5 Å². The van der Waals surface area contributed by atoms with E-state index < -0.39 is 25.5 Å². The SMILES string of the molecule is CC(C)Oc1ccc(-c2cn(COCC[Si](C)(C)C)c3nccc(Oc4c(F)cc(NC(=S)NCC(CO)Cc5ccccc5)cc4F)c23)cc1C#N. The number of thiocarbonyl (C=S) groups is 1. The quantitative estimate of drug-likeness (QED) is 0.0516. The first kappa shape index (κ1) is 39.3. The van der Waals surface area contributed by atoms with Gasteiger partial charge in [-0.25, -0.2) is 13.8 Å². The Labute approximate surface area is 315 Å². The molecule has 2 aromatic heterocycles. The largest absolute Gasteiger partial charge is 0.490 e. The number of benzene rings is 3. The molecule has 53 heavy (non-hydrogen) atoms. The van der Waals surface area contributed by atoms with E-state index in [1.165, 1.54) is 6.20 Å². The van der Waals surface area contributed by atoms with Crippen molar-refractivity contribution in [2.24, 2.45) is 5.92 Å². The second kappa shape index (κ2) is 17.8. The van der Waals surface area contributed by atoms with Crippen LogP contribution in [0.2, 0.25) is 25.7 Å². The number of nitrogens with zero attached hydrogens (tertiary/aromatic N) is 3. The fraction of sp³-hybridized carbons (Fsp3) is 0.325. The molecule has 0 aliphatic carbocycles. The minimum absolute atomic E-state index is 0.0594. The van der Waals surface area contributed by atoms with Crippen molar-refractivity contribution in [3.63, 3.8) is 0 Å². The number of aliphatic hydroxyl groups excluding tert-OH is 1. The molecule has 13 heteroatoms. The van der Waals surface area contributed by atoms with Crippen molar-refractivity contribution in [1.29, 1.82) is 5.26 Å². The van der Waals surface area contributed by atoms with E-state index in [0.717, 1.165) is 23.7 Å². The molecule has 3 N–H and O–H groups in total. The molecule has 0 spiro atoms. The lowest BCUT2D eigenvalue weighted by Gasteiger charge is -2.18. The maximum atomic E-state index is 15.6. The van der Waals surface area contributed by atoms with Gasteiger partial charge in [-0.15, -0.1) is 0 Å². The monoisotopic (exact) mass is 757 g/mol. The molecule has 0 amide bonds. The van der Waals surface area contributed by atoms with Gasteiger partial charge in [0.2, 0.25) is 0 Å². The van der Waals surface area contributed by atoms with Gasteiger partial charge in [-0.05, 0) is 67.9 Å². The van der Waals surface area contributed by atoms with E-state index >= 15 is 8.78 Å². The molecule has 0 saturated heterocycles. The molecule has 9 nitrogen and oxygen atoms in total. The van der Waals surface area contributed by atoms with Crippen LogP contribution in [0.25, 0.3) is 22.2 Å². The van der Waals surface area contributed by atoms with Crippen molar-refractivity contribution in [3.8, 4) is 34.4 Å². The Bertz CT molecular complexity index is 2060. The molecule has 1 unspecified atom stereocenters. The summed E-state index contributed by atoms with van der Waals surface area (Å²) in [6.45, 7) is 11.7. The third kappa shape index (κ3) is 10.6. The number of aromatic nitrogens is 2. The second-order valence-corrected chi connectivity index (χ2v) is 20.3. The second-order valence-electron chi connectivity index (χ2n) is 14.3. The first-order chi connectivity index (χ1) is 25.3. The minimum Gasteiger partial charge on any atom is -0.490 e. The number of hydrogen-bond acceptors (Lipinski definition) is 7. The molecule has 0 saturated carbocycles. The smallest absolute Gasteiger partial charge is 0.198 e. The molecule has 2 heterocycles. The first-order valence-electron chi connectivity index (χ1n) is 17.5. The van der Waals surface area contributed by atoms with E-state index in [1.807, 2.05) is 61.0 Å². The van der Waals surface area contributed by atoms with Crippen LogP contribution in [0.1, 0.15) is 25.0 Å². The molecule has 3 aromatic carbocycles. The number of halogens is 2. The lowest BCUT2D eigenvalue weighted by atomic mass is 10.0. The van der Waals surface area contributed by atoms with Crippen molar-refractivity contribution >= 4 is 42.1 Å². The number of ether oxygens (including phenoxy) is 3. The molecule has 278 valence electrons. The summed E-state index contributed by atoms with van der Waals surface area (Å²) < 4.78 is 51.0. The van der Waals surface area contributed by atoms with Crippen molar-refractivity contribution in [1.82, 2.24) is 14.9 Å². The summed E-state index contributed by atoms with van der Waals surface area (Å²) in [5, 5.41) is 26.3. The highest BCUT2D eigenvalue weighted by Crippen LogP contribution is 2.41. The average molecular weight is 758 g/mol. The molecule has 0 aliphatic rings. The lowest BCUT2D eigenvalue weighted by molar-refractivity contribution is 0.0899. The number of rotatable bonds is 16. The average Bonchev–Trinajstić information content (AvgIpc) is 3.49. The summed E-state index contributed by atoms with van der Waals surface area (Å²) in [6.07, 6.45) is 3.86. The van der Waals surface area contributed by atoms with E-state index in [9.17, 15) is 10.4 Å². The van der Waals surface area contributed by atoms with E-state index in [1.54, 1.807) is 18.2 Å². The van der Waals surface area contributed by atoms with Crippen molar-refractivity contribution < 1.29 is 28.1 Å². The van der Waals surface area contributed by atoms with Gasteiger partial charge in [0, 0.05) is 69.5 Å². The van der Waals surface area contributed by atoms with Crippen LogP contribution in [0, 0.1) is 28.9 Å². The summed E-state index contributed by atoms with van der Waals surface area (Å²) in [7, 11) is -1.33. The van der Waals surface area contributed by atoms with Crippen molar-refractivity contribution in [2.45, 2.75) is 58.8 Å². The molecule has 5 aromatic rings. The maximum absolute atomic E-state index is 15.6. The van der Waals surface area contributed by atoms with Crippen LogP contribution < -0.4 is 20.1 Å². The minimum atomic E-state index is -1.33. The van der Waals surface area contributed by atoms with Crippen LogP contribution >= 0.6 is 12.2 Å². The number of pyridine rings is 1. The van der Waals surface area contributed by atoms with Gasteiger partial charge in [0.1, 0.15) is 29.9 Å². The standard InChI is InChI=1S/C40H45F2N5O4SSi/c1-26(2)50-35-12-11-29(18-30(35)21-43)32-23-47(25-49-15-16-53(3,4)5)39-37(32)36(13-14-44-39)51-38-33(41)19-31(20-34(38)42)46-40(52)45-22-28(24-48)17-27-9-7-6-8-10-27/h6-14,18-20,23,26,28,48H,15-17,22,24-25H2,1-5H3,(H2,45,46,52). The first-order valence-corrected chi connectivity index (χ1v) is 21.6. The highest BCUT2D eigenvalue weighted by molar-refractivity contribution is 7.80. The highest BCUT2D eigenvalue weighted by atomic mass is 32.1. The Morgan fingerprint density at radius 3 is 2.43 bits per heavy atom. The summed E-state index contributed by atoms with van der Waals surface area (Å²) in [4.78, 5) is 4.59. The van der Waals surface area contributed by atoms with Crippen LogP contribution in [0.3, 0.4) is 0 Å². The Kier molecular flexibility index (Phi) is 13.2. The number of nitrogens with one attached hydrogen (secondary N) is 2. The number of fused-ring (bicyclic) bond motifs is 1. The highest BCUT2D eigenvalue weighted by Gasteiger charge is 2.22. The zero-order valence-corrected chi connectivity index (χ0v) is 32.4. The fourth-order valence-electron chi connectivity index (χ4n) is 5.67. The predicted molar refractivity (Wildman–Crippen MR) is 211 cm³/mol. The third-order valence-corrected chi connectivity index (χ3v) is 10.3. The molecule has 0 fully saturated rings. The fourth-order valence-corrected chi connectivity index (χ4v) is 6.63. The topological polar surface area (TPSA) is 114 Å². The van der Waals surface area contributed by atoms with E-state index in [4.69, 9.17) is 26.4 Å². The van der Waals surface area contributed by atoms with Crippen LogP contribution in [0.4, 0.5) is 14.5 Å². The van der Waals surface area contributed by atoms with Gasteiger partial charge >= 0.3 is 0 Å². The van der Waals surface area contributed by atoms with Gasteiger partial charge in [0.05, 0.1) is 17.1 Å². The zero-order chi connectivity index (χ0) is 38.1. The van der Waals surface area contributed by atoms with Gasteiger partial charge in [-0.1, -0.05) is 56.0 Å². The van der Waals surface area contributed by atoms with E-state index in [2.05, 4.69) is 41.3 Å². The predicted octanol–water partition coefficient (Wildman–Crippen LogP) is 8.88. The Morgan fingerprint density at radius 1 is 1.04 bits per heavy atom. The zero-order valence-electron chi connectivity index (χ0n) is 30.6. The van der Waals surface area contributed by atoms with Crippen molar-refractivity contribution in [3.05, 3.63) is 102 Å². The van der Waals surface area contributed by atoms with Gasteiger partial charge < -0.3 is 34.5 Å². The van der Waals surface area contributed by atoms with Crippen LogP contribution in [-0.2, 0) is 17.9 Å². The maximum Gasteiger partial charge on any atom is 0.198 e. The summed E-state index contributed by atoms with van der Waals surface area (Å²) in [5.74, 6) is -2.00. The van der Waals surface area contributed by atoms with E-state index in [0.29, 0.717) is 53.0 Å². The molecule has 1 atom stereocenters. The summed E-state index contributed by atoms with van der Waals surface area (Å²) >= 11 is 5.38. The number of nitriles is 1. The number of anilines is 1. The Balaban J connectivity index is 1.41. The molecule has 5 rings (SSSR count). The molecular formula is C40H45F2N5O4SSi. The molecular weight excluding hydrogens is 713 g/mol.